The molecule has 0 rings (SSSR count). The third kappa shape index (κ3) is 12.6. The minimum absolute atomic E-state index is 0.159. The highest BCUT2D eigenvalue weighted by molar-refractivity contribution is 7.80. The van der Waals surface area contributed by atoms with Crippen LogP contribution in [-0.4, -0.2) is 82.2 Å². The van der Waals surface area contributed by atoms with Crippen LogP contribution in [0.2, 0.25) is 0 Å². The average Bonchev–Trinajstić information content (AvgIpc) is 2.73. The van der Waals surface area contributed by atoms with Gasteiger partial charge in [-0.15, -0.1) is 0 Å². The van der Waals surface area contributed by atoms with E-state index in [-0.39, 0.29) is 18.6 Å². The Morgan fingerprint density at radius 3 is 1.85 bits per heavy atom. The molecule has 0 saturated heterocycles. The molecule has 0 saturated carbocycles. The Bertz CT molecular complexity index is 722. The molecule has 0 radical (unpaired) electrons. The molecule has 0 aromatic carbocycles. The second-order valence-corrected chi connectivity index (χ2v) is 7.56. The summed E-state index contributed by atoms with van der Waals surface area (Å²) >= 11 is 4.01. The Balaban J connectivity index is 5.27. The number of carboxylic acid groups (broad SMARTS) is 2. The number of thiol groups is 1. The summed E-state index contributed by atoms with van der Waals surface area (Å²) in [7, 11) is 0. The molecule has 0 aromatic heterocycles. The van der Waals surface area contributed by atoms with E-state index in [1.54, 1.807) is 0 Å². The maximum atomic E-state index is 12.6. The van der Waals surface area contributed by atoms with E-state index in [0.29, 0.717) is 25.8 Å². The van der Waals surface area contributed by atoms with E-state index in [9.17, 15) is 28.8 Å². The molecule has 4 amide bonds. The smallest absolute Gasteiger partial charge is 0.326 e. The molecule has 0 aromatic rings. The zero-order valence-corrected chi connectivity index (χ0v) is 18.9. The Labute approximate surface area is 195 Å². The van der Waals surface area contributed by atoms with Gasteiger partial charge >= 0.3 is 11.9 Å². The van der Waals surface area contributed by atoms with Gasteiger partial charge in [0.1, 0.15) is 18.1 Å². The second kappa shape index (κ2) is 15.8. The number of carboxylic acids is 2. The molecular weight excluding hydrogens is 460 g/mol. The van der Waals surface area contributed by atoms with Crippen molar-refractivity contribution in [1.82, 2.24) is 16.0 Å². The molecule has 14 nitrogen and oxygen atoms in total. The van der Waals surface area contributed by atoms with Crippen LogP contribution in [0, 0.1) is 0 Å². The van der Waals surface area contributed by atoms with Gasteiger partial charge in [-0.1, -0.05) is 6.42 Å². The van der Waals surface area contributed by atoms with Crippen molar-refractivity contribution in [3.05, 3.63) is 0 Å². The van der Waals surface area contributed by atoms with Crippen molar-refractivity contribution in [3.8, 4) is 0 Å². The lowest BCUT2D eigenvalue weighted by Crippen LogP contribution is -2.57. The van der Waals surface area contributed by atoms with Gasteiger partial charge in [-0.2, -0.15) is 12.6 Å². The SMILES string of the molecule is NCCCCC(N)C(=O)NC(CS)C(=O)NC(CCC(N)=O)C(=O)NC(CC(=O)O)C(=O)O. The average molecular weight is 493 g/mol. The summed E-state index contributed by atoms with van der Waals surface area (Å²) in [6.45, 7) is 0.444. The number of nitrogens with one attached hydrogen (secondary N) is 3. The van der Waals surface area contributed by atoms with Crippen molar-refractivity contribution in [2.75, 3.05) is 12.3 Å². The Hall–Kier alpha value is -2.91. The fourth-order valence-corrected chi connectivity index (χ4v) is 2.84. The van der Waals surface area contributed by atoms with Gasteiger partial charge in [0.25, 0.3) is 0 Å². The molecule has 33 heavy (non-hydrogen) atoms. The Kier molecular flexibility index (Phi) is 14.4. The molecule has 0 aliphatic heterocycles. The molecule has 0 bridgehead atoms. The molecule has 0 spiro atoms. The second-order valence-electron chi connectivity index (χ2n) is 7.20. The summed E-state index contributed by atoms with van der Waals surface area (Å²) in [4.78, 5) is 70.5. The highest BCUT2D eigenvalue weighted by atomic mass is 32.1. The van der Waals surface area contributed by atoms with Crippen LogP contribution in [0.1, 0.15) is 38.5 Å². The number of hydrogen-bond acceptors (Lipinski definition) is 9. The topological polar surface area (TPSA) is 257 Å². The first-order valence-corrected chi connectivity index (χ1v) is 10.8. The van der Waals surface area contributed by atoms with Crippen LogP contribution in [0.25, 0.3) is 0 Å². The van der Waals surface area contributed by atoms with Crippen LogP contribution in [0.4, 0.5) is 0 Å². The number of primary amides is 1. The number of nitrogens with two attached hydrogens (primary N) is 3. The number of hydrogen-bond donors (Lipinski definition) is 9. The summed E-state index contributed by atoms with van der Waals surface area (Å²) < 4.78 is 0. The van der Waals surface area contributed by atoms with Crippen LogP contribution in [0.5, 0.6) is 0 Å². The third-order valence-corrected chi connectivity index (χ3v) is 4.79. The van der Waals surface area contributed by atoms with E-state index in [4.69, 9.17) is 27.4 Å². The lowest BCUT2D eigenvalue weighted by molar-refractivity contribution is -0.147. The highest BCUT2D eigenvalue weighted by Gasteiger charge is 2.30. The largest absolute Gasteiger partial charge is 0.481 e. The molecule has 4 unspecified atom stereocenters. The predicted molar refractivity (Wildman–Crippen MR) is 119 cm³/mol. The first kappa shape index (κ1) is 30.1. The maximum absolute atomic E-state index is 12.6. The van der Waals surface area contributed by atoms with Crippen LogP contribution in [-0.2, 0) is 28.8 Å². The van der Waals surface area contributed by atoms with Crippen LogP contribution in [0.15, 0.2) is 0 Å². The van der Waals surface area contributed by atoms with E-state index in [2.05, 4.69) is 23.3 Å². The molecule has 0 fully saturated rings. The fraction of sp³-hybridized carbons (Fsp3) is 0.667. The van der Waals surface area contributed by atoms with Gasteiger partial charge in [0.2, 0.25) is 23.6 Å². The number of amides is 4. The van der Waals surface area contributed by atoms with Crippen molar-refractivity contribution in [2.24, 2.45) is 17.2 Å². The summed E-state index contributed by atoms with van der Waals surface area (Å²) in [5, 5.41) is 24.6. The summed E-state index contributed by atoms with van der Waals surface area (Å²) in [5.41, 5.74) is 16.3. The van der Waals surface area contributed by atoms with E-state index in [1.807, 2.05) is 5.32 Å². The van der Waals surface area contributed by atoms with Crippen molar-refractivity contribution in [2.45, 2.75) is 62.7 Å². The first-order valence-electron chi connectivity index (χ1n) is 10.1. The van der Waals surface area contributed by atoms with Crippen molar-refractivity contribution < 1.29 is 39.0 Å². The zero-order chi connectivity index (χ0) is 25.6. The number of unbranched alkanes of at least 4 members (excludes halogenated alkanes) is 1. The number of carbonyl (C=O) groups excluding carboxylic acids is 4. The van der Waals surface area contributed by atoms with Crippen LogP contribution < -0.4 is 33.2 Å². The van der Waals surface area contributed by atoms with Crippen molar-refractivity contribution in [1.29, 1.82) is 0 Å². The van der Waals surface area contributed by atoms with Gasteiger partial charge in [-0.3, -0.25) is 24.0 Å². The van der Waals surface area contributed by atoms with Crippen molar-refractivity contribution in [3.63, 3.8) is 0 Å². The Morgan fingerprint density at radius 1 is 0.818 bits per heavy atom. The lowest BCUT2D eigenvalue weighted by atomic mass is 10.1. The van der Waals surface area contributed by atoms with Gasteiger partial charge in [-0.25, -0.2) is 4.79 Å². The van der Waals surface area contributed by atoms with Gasteiger partial charge < -0.3 is 43.4 Å². The van der Waals surface area contributed by atoms with E-state index in [1.165, 1.54) is 0 Å². The molecule has 15 heteroatoms. The molecule has 188 valence electrons. The van der Waals surface area contributed by atoms with Gasteiger partial charge in [-0.05, 0) is 25.8 Å². The summed E-state index contributed by atoms with van der Waals surface area (Å²) in [6.07, 6.45) is 0.0897. The number of aliphatic carboxylic acids is 2. The molecule has 0 aliphatic rings. The van der Waals surface area contributed by atoms with Gasteiger partial charge in [0, 0.05) is 12.2 Å². The maximum Gasteiger partial charge on any atom is 0.326 e. The van der Waals surface area contributed by atoms with Crippen molar-refractivity contribution >= 4 is 48.2 Å². The molecule has 0 aliphatic carbocycles. The quantitative estimate of drug-likeness (QED) is 0.0719. The van der Waals surface area contributed by atoms with Gasteiger partial charge in [0.15, 0.2) is 0 Å². The fourth-order valence-electron chi connectivity index (χ4n) is 2.59. The third-order valence-electron chi connectivity index (χ3n) is 4.43. The van der Waals surface area contributed by atoms with Crippen LogP contribution >= 0.6 is 12.6 Å². The van der Waals surface area contributed by atoms with E-state index >= 15 is 0 Å². The molecule has 4 atom stereocenters. The lowest BCUT2D eigenvalue weighted by Gasteiger charge is -2.24. The Morgan fingerprint density at radius 2 is 1.36 bits per heavy atom. The molecule has 11 N–H and O–H groups in total. The normalized spacial score (nSPS) is 14.3. The summed E-state index contributed by atoms with van der Waals surface area (Å²) in [6, 6.07) is -5.29. The monoisotopic (exact) mass is 492 g/mol. The van der Waals surface area contributed by atoms with E-state index in [0.717, 1.165) is 0 Å². The van der Waals surface area contributed by atoms with E-state index < -0.39 is 66.2 Å². The molecule has 0 heterocycles. The highest BCUT2D eigenvalue weighted by Crippen LogP contribution is 2.04. The first-order chi connectivity index (χ1) is 15.4. The minimum atomic E-state index is -1.77. The standard InChI is InChI=1S/C18H32N6O8S/c19-6-2-1-3-9(20)15(28)24-12(8-33)17(30)22-10(4-5-13(21)25)16(29)23-11(18(31)32)7-14(26)27/h9-12,33H,1-8,19-20H2,(H2,21,25)(H,22,30)(H,23,29)(H,24,28)(H,26,27)(H,31,32). The van der Waals surface area contributed by atoms with Crippen LogP contribution in [0.3, 0.4) is 0 Å². The van der Waals surface area contributed by atoms with Gasteiger partial charge in [0.05, 0.1) is 12.5 Å². The summed E-state index contributed by atoms with van der Waals surface area (Å²) in [5.74, 6) is -6.52. The number of carbonyl (C=O) groups is 6. The minimum Gasteiger partial charge on any atom is -0.481 e. The molecular formula is C18H32N6O8S. The predicted octanol–water partition coefficient (Wildman–Crippen LogP) is -3.35. The zero-order valence-electron chi connectivity index (χ0n) is 18.0. The number of rotatable bonds is 17.